The lowest BCUT2D eigenvalue weighted by molar-refractivity contribution is 0.213. The number of nitrogens with one attached hydrogen (secondary N) is 1. The maximum Gasteiger partial charge on any atom is 0.0326 e. The van der Waals surface area contributed by atoms with Crippen LogP contribution < -0.4 is 11.1 Å². The molecule has 4 aliphatic carbocycles. The Balaban J connectivity index is 0.000000108. The van der Waals surface area contributed by atoms with E-state index in [-0.39, 0.29) is 6.04 Å². The summed E-state index contributed by atoms with van der Waals surface area (Å²) in [5, 5.41) is 3.46. The first-order valence-electron chi connectivity index (χ1n) is 23.8. The van der Waals surface area contributed by atoms with Gasteiger partial charge in [0, 0.05) is 68.0 Å². The van der Waals surface area contributed by atoms with Crippen molar-refractivity contribution in [2.75, 3.05) is 26.2 Å². The summed E-state index contributed by atoms with van der Waals surface area (Å²) in [4.78, 5) is 7.88. The Morgan fingerprint density at radius 2 is 0.787 bits per heavy atom. The Morgan fingerprint density at radius 1 is 0.443 bits per heavy atom. The average molecular weight is 816 g/mol. The van der Waals surface area contributed by atoms with Gasteiger partial charge in [-0.2, -0.15) is 0 Å². The fourth-order valence-corrected chi connectivity index (χ4v) is 11.3. The van der Waals surface area contributed by atoms with Gasteiger partial charge in [0.2, 0.25) is 0 Å². The van der Waals surface area contributed by atoms with Crippen molar-refractivity contribution in [2.24, 2.45) is 29.4 Å². The van der Waals surface area contributed by atoms with Crippen molar-refractivity contribution in [3.8, 4) is 0 Å². The fourth-order valence-electron chi connectivity index (χ4n) is 11.3. The Kier molecular flexibility index (Phi) is 14.9. The molecule has 0 amide bonds. The molecule has 0 unspecified atom stereocenters. The van der Waals surface area contributed by atoms with E-state index in [4.69, 9.17) is 5.73 Å². The van der Waals surface area contributed by atoms with Gasteiger partial charge in [0.25, 0.3) is 0 Å². The van der Waals surface area contributed by atoms with Crippen LogP contribution >= 0.6 is 0 Å². The van der Waals surface area contributed by atoms with Crippen molar-refractivity contribution in [2.45, 2.75) is 115 Å². The highest BCUT2D eigenvalue weighted by atomic mass is 15.2. The SMILES string of the molecule is C1C[C@H]2C[C@@H]1CN2.C[C@@H](c1ccccc1)N1C[C@@H]2C=C[C@@H]1C2.C[C@@H](c1ccccc1)N1C[C@H]2C=C[C@H]1C2.C[C@@H](c1ccccc1)N1C[C@H]2C=C[C@H]1C2.C[C@H](N)c1ccccc1. The molecule has 8 aliphatic rings. The Labute approximate surface area is 368 Å². The molecule has 3 N–H and O–H groups in total. The van der Waals surface area contributed by atoms with Crippen LogP contribution in [0.4, 0.5) is 0 Å². The normalized spacial score (nSPS) is 30.3. The molecular formula is C56H73N5. The van der Waals surface area contributed by atoms with E-state index in [9.17, 15) is 0 Å². The smallest absolute Gasteiger partial charge is 0.0326 e. The molecule has 1 saturated carbocycles. The lowest BCUT2D eigenvalue weighted by atomic mass is 10.1. The molecule has 61 heavy (non-hydrogen) atoms. The van der Waals surface area contributed by atoms with E-state index in [0.717, 1.165) is 29.7 Å². The number of likely N-dealkylation sites (tertiary alicyclic amines) is 3. The highest BCUT2D eigenvalue weighted by Crippen LogP contribution is 2.39. The third-order valence-corrected chi connectivity index (χ3v) is 15.0. The number of piperidine rings is 1. The lowest BCUT2D eigenvalue weighted by Crippen LogP contribution is -2.32. The highest BCUT2D eigenvalue weighted by Gasteiger charge is 2.38. The second-order valence-corrected chi connectivity index (χ2v) is 19.2. The van der Waals surface area contributed by atoms with Crippen molar-refractivity contribution in [1.29, 1.82) is 0 Å². The van der Waals surface area contributed by atoms with Crippen molar-refractivity contribution in [3.05, 3.63) is 180 Å². The zero-order valence-electron chi connectivity index (χ0n) is 37.4. The molecule has 5 fully saturated rings. The summed E-state index contributed by atoms with van der Waals surface area (Å²) in [6, 6.07) is 47.4. The highest BCUT2D eigenvalue weighted by molar-refractivity contribution is 5.25. The topological polar surface area (TPSA) is 47.8 Å². The predicted octanol–water partition coefficient (Wildman–Crippen LogP) is 11.5. The summed E-state index contributed by atoms with van der Waals surface area (Å²) in [6.45, 7) is 14.0. The standard InChI is InChI=1S/3C14H17N.C8H11N.C6H11N/c3*1-11(13-5-3-2-4-6-13)15-10-12-7-8-14(15)9-12;1-7(9)8-5-3-2-4-6-8;1-2-6-3-5(1)4-7-6/h3*2-8,11-12,14H,9-10H2,1H3;2-7H,9H2,1H3;5-7H,1-4H2/t11-,12+,14+;2*11-,12-,14-;7-;5-,6+/m00001/s1. The molecule has 322 valence electrons. The molecule has 0 radical (unpaired) electrons. The van der Waals surface area contributed by atoms with Gasteiger partial charge in [-0.25, -0.2) is 0 Å². The Bertz CT molecular complexity index is 1800. The average Bonchev–Trinajstić information content (AvgIpc) is 4.20. The summed E-state index contributed by atoms with van der Waals surface area (Å²) in [7, 11) is 0. The van der Waals surface area contributed by atoms with Crippen LogP contribution in [-0.4, -0.2) is 65.0 Å². The van der Waals surface area contributed by atoms with Gasteiger partial charge in [-0.3, -0.25) is 14.7 Å². The van der Waals surface area contributed by atoms with E-state index in [1.807, 2.05) is 37.3 Å². The zero-order chi connectivity index (χ0) is 42.1. The van der Waals surface area contributed by atoms with Crippen LogP contribution in [0, 0.1) is 23.7 Å². The second kappa shape index (κ2) is 20.8. The van der Waals surface area contributed by atoms with E-state index in [0.29, 0.717) is 36.3 Å². The van der Waals surface area contributed by atoms with Gasteiger partial charge in [-0.15, -0.1) is 0 Å². The number of benzene rings is 4. The summed E-state index contributed by atoms with van der Waals surface area (Å²) < 4.78 is 0. The summed E-state index contributed by atoms with van der Waals surface area (Å²) in [6.07, 6.45) is 22.8. The van der Waals surface area contributed by atoms with Crippen LogP contribution in [-0.2, 0) is 0 Å². The van der Waals surface area contributed by atoms with E-state index in [2.05, 4.69) is 168 Å². The first-order valence-corrected chi connectivity index (χ1v) is 23.8. The van der Waals surface area contributed by atoms with Gasteiger partial charge in [0.15, 0.2) is 0 Å². The van der Waals surface area contributed by atoms with Gasteiger partial charge >= 0.3 is 0 Å². The van der Waals surface area contributed by atoms with Crippen LogP contribution in [0.1, 0.15) is 113 Å². The van der Waals surface area contributed by atoms with Gasteiger partial charge in [-0.05, 0) is 119 Å². The largest absolute Gasteiger partial charge is 0.324 e. The lowest BCUT2D eigenvalue weighted by Gasteiger charge is -2.30. The van der Waals surface area contributed by atoms with Crippen LogP contribution in [0.5, 0.6) is 0 Å². The first-order chi connectivity index (χ1) is 29.8. The molecule has 5 heteroatoms. The van der Waals surface area contributed by atoms with Crippen molar-refractivity contribution < 1.29 is 0 Å². The Morgan fingerprint density at radius 3 is 0.967 bits per heavy atom. The van der Waals surface area contributed by atoms with Crippen LogP contribution in [0.3, 0.4) is 0 Å². The maximum atomic E-state index is 5.61. The number of fused-ring (bicyclic) bond motifs is 8. The fraction of sp³-hybridized carbons (Fsp3) is 0.464. The monoisotopic (exact) mass is 816 g/mol. The van der Waals surface area contributed by atoms with Crippen LogP contribution in [0.25, 0.3) is 0 Å². The molecule has 0 spiro atoms. The molecule has 12 atom stereocenters. The Hall–Kier alpha value is -4.10. The first kappa shape index (κ1) is 43.5. The molecule has 4 aromatic carbocycles. The number of nitrogens with two attached hydrogens (primary N) is 1. The van der Waals surface area contributed by atoms with Gasteiger partial charge in [0.1, 0.15) is 0 Å². The number of hydrogen-bond donors (Lipinski definition) is 2. The van der Waals surface area contributed by atoms with E-state index < -0.39 is 0 Å². The molecule has 12 rings (SSSR count). The molecule has 4 heterocycles. The molecule has 4 aliphatic heterocycles. The number of hydrogen-bond acceptors (Lipinski definition) is 5. The molecular weight excluding hydrogens is 743 g/mol. The molecule has 4 saturated heterocycles. The van der Waals surface area contributed by atoms with Crippen molar-refractivity contribution >= 4 is 0 Å². The van der Waals surface area contributed by atoms with Gasteiger partial charge in [-0.1, -0.05) is 158 Å². The third kappa shape index (κ3) is 11.1. The van der Waals surface area contributed by atoms with E-state index >= 15 is 0 Å². The predicted molar refractivity (Wildman–Crippen MR) is 256 cm³/mol. The van der Waals surface area contributed by atoms with E-state index in [1.54, 1.807) is 0 Å². The minimum atomic E-state index is 0.159. The minimum absolute atomic E-state index is 0.159. The molecule has 0 aromatic heterocycles. The van der Waals surface area contributed by atoms with Gasteiger partial charge < -0.3 is 11.1 Å². The zero-order valence-corrected chi connectivity index (χ0v) is 37.4. The quantitative estimate of drug-likeness (QED) is 0.182. The van der Waals surface area contributed by atoms with Crippen LogP contribution in [0.2, 0.25) is 0 Å². The van der Waals surface area contributed by atoms with Crippen molar-refractivity contribution in [3.63, 3.8) is 0 Å². The minimum Gasteiger partial charge on any atom is -0.324 e. The van der Waals surface area contributed by atoms with E-state index in [1.165, 1.54) is 87.0 Å². The summed E-state index contributed by atoms with van der Waals surface area (Å²) >= 11 is 0. The summed E-state index contributed by atoms with van der Waals surface area (Å²) in [5.74, 6) is 3.52. The number of nitrogens with zero attached hydrogens (tertiary/aromatic N) is 3. The third-order valence-electron chi connectivity index (χ3n) is 15.0. The molecule has 8 bridgehead atoms. The second-order valence-electron chi connectivity index (χ2n) is 19.2. The number of rotatable bonds is 7. The summed E-state index contributed by atoms with van der Waals surface area (Å²) in [5.41, 5.74) is 11.1. The van der Waals surface area contributed by atoms with Gasteiger partial charge in [0.05, 0.1) is 0 Å². The van der Waals surface area contributed by atoms with Crippen molar-refractivity contribution in [1.82, 2.24) is 20.0 Å². The van der Waals surface area contributed by atoms with Crippen LogP contribution in [0.15, 0.2) is 158 Å². The maximum absolute atomic E-state index is 5.61. The molecule has 4 aromatic rings. The molecule has 5 nitrogen and oxygen atoms in total.